The second-order valence-electron chi connectivity index (χ2n) is 4.38. The third-order valence-electron chi connectivity index (χ3n) is 2.73. The van der Waals surface area contributed by atoms with Gasteiger partial charge in [-0.05, 0) is 36.4 Å². The number of hydrogen-bond acceptors (Lipinski definition) is 2. The largest absolute Gasteiger partial charge is 0.455 e. The standard InChI is InChI=1S/C14H9F6NO/c15-13(16,17)8-2-1-3-10(6-8)22-12-5-4-9(7-11(12)21)14(18,19)20/h1-7H,21H2. The summed E-state index contributed by atoms with van der Waals surface area (Å²) in [5, 5.41) is 0. The Labute approximate surface area is 121 Å². The summed E-state index contributed by atoms with van der Waals surface area (Å²) in [6.45, 7) is 0. The van der Waals surface area contributed by atoms with Crippen LogP contribution in [0.4, 0.5) is 32.0 Å². The Hall–Kier alpha value is -2.38. The molecule has 0 aromatic heterocycles. The van der Waals surface area contributed by atoms with Gasteiger partial charge >= 0.3 is 12.4 Å². The average molecular weight is 321 g/mol. The summed E-state index contributed by atoms with van der Waals surface area (Å²) in [5.41, 5.74) is 3.21. The minimum absolute atomic E-state index is 0.160. The highest BCUT2D eigenvalue weighted by Gasteiger charge is 2.32. The number of anilines is 1. The molecule has 22 heavy (non-hydrogen) atoms. The maximum Gasteiger partial charge on any atom is 0.416 e. The lowest BCUT2D eigenvalue weighted by atomic mass is 10.1. The lowest BCUT2D eigenvalue weighted by Crippen LogP contribution is -2.06. The first-order valence-electron chi connectivity index (χ1n) is 5.89. The number of ether oxygens (including phenoxy) is 1. The van der Waals surface area contributed by atoms with Crippen molar-refractivity contribution in [1.82, 2.24) is 0 Å². The maximum absolute atomic E-state index is 12.6. The highest BCUT2D eigenvalue weighted by molar-refractivity contribution is 5.56. The highest BCUT2D eigenvalue weighted by atomic mass is 19.4. The molecule has 118 valence electrons. The normalized spacial score (nSPS) is 12.3. The number of alkyl halides is 6. The van der Waals surface area contributed by atoms with E-state index >= 15 is 0 Å². The van der Waals surface area contributed by atoms with Crippen LogP contribution in [0.25, 0.3) is 0 Å². The molecule has 0 spiro atoms. The summed E-state index contributed by atoms with van der Waals surface area (Å²) in [4.78, 5) is 0. The van der Waals surface area contributed by atoms with Crippen molar-refractivity contribution in [3.8, 4) is 11.5 Å². The van der Waals surface area contributed by atoms with Crippen LogP contribution >= 0.6 is 0 Å². The van der Waals surface area contributed by atoms with Crippen LogP contribution in [-0.2, 0) is 12.4 Å². The van der Waals surface area contributed by atoms with Gasteiger partial charge in [0.05, 0.1) is 16.8 Å². The van der Waals surface area contributed by atoms with E-state index in [4.69, 9.17) is 10.5 Å². The van der Waals surface area contributed by atoms with Crippen LogP contribution in [0.2, 0.25) is 0 Å². The molecule has 0 atom stereocenters. The predicted molar refractivity (Wildman–Crippen MR) is 67.4 cm³/mol. The number of rotatable bonds is 2. The van der Waals surface area contributed by atoms with E-state index in [0.717, 1.165) is 30.3 Å². The van der Waals surface area contributed by atoms with Crippen molar-refractivity contribution in [3.63, 3.8) is 0 Å². The third kappa shape index (κ3) is 3.63. The fraction of sp³-hybridized carbons (Fsp3) is 0.143. The molecule has 0 aliphatic rings. The molecule has 0 radical (unpaired) electrons. The smallest absolute Gasteiger partial charge is 0.416 e. The number of nitrogens with two attached hydrogens (primary N) is 1. The van der Waals surface area contributed by atoms with Crippen molar-refractivity contribution in [3.05, 3.63) is 53.6 Å². The zero-order valence-corrected chi connectivity index (χ0v) is 10.8. The number of hydrogen-bond donors (Lipinski definition) is 1. The van der Waals surface area contributed by atoms with E-state index in [0.29, 0.717) is 6.07 Å². The highest BCUT2D eigenvalue weighted by Crippen LogP contribution is 2.37. The van der Waals surface area contributed by atoms with Gasteiger partial charge in [0.2, 0.25) is 0 Å². The van der Waals surface area contributed by atoms with Gasteiger partial charge in [-0.2, -0.15) is 26.3 Å². The Balaban J connectivity index is 2.28. The molecule has 0 bridgehead atoms. The first-order valence-corrected chi connectivity index (χ1v) is 5.89. The first-order chi connectivity index (χ1) is 10.1. The predicted octanol–water partition coefficient (Wildman–Crippen LogP) is 5.10. The van der Waals surface area contributed by atoms with Gasteiger partial charge in [-0.15, -0.1) is 0 Å². The molecular weight excluding hydrogens is 312 g/mol. The molecule has 2 N–H and O–H groups in total. The van der Waals surface area contributed by atoms with Crippen molar-refractivity contribution in [2.24, 2.45) is 0 Å². The fourth-order valence-corrected chi connectivity index (χ4v) is 1.68. The van der Waals surface area contributed by atoms with E-state index in [1.54, 1.807) is 0 Å². The van der Waals surface area contributed by atoms with E-state index in [1.807, 2.05) is 0 Å². The second kappa shape index (κ2) is 5.43. The lowest BCUT2D eigenvalue weighted by molar-refractivity contribution is -0.138. The van der Waals surface area contributed by atoms with Gasteiger partial charge in [-0.25, -0.2) is 0 Å². The molecule has 0 saturated heterocycles. The quantitative estimate of drug-likeness (QED) is 0.617. The molecule has 2 aromatic carbocycles. The summed E-state index contributed by atoms with van der Waals surface area (Å²) >= 11 is 0. The fourth-order valence-electron chi connectivity index (χ4n) is 1.68. The van der Waals surface area contributed by atoms with Gasteiger partial charge in [-0.1, -0.05) is 6.07 Å². The van der Waals surface area contributed by atoms with Gasteiger partial charge in [0.15, 0.2) is 0 Å². The molecule has 2 aromatic rings. The lowest BCUT2D eigenvalue weighted by Gasteiger charge is -2.13. The minimum Gasteiger partial charge on any atom is -0.455 e. The van der Waals surface area contributed by atoms with E-state index in [9.17, 15) is 26.3 Å². The molecule has 0 fully saturated rings. The van der Waals surface area contributed by atoms with Crippen molar-refractivity contribution < 1.29 is 31.1 Å². The number of nitrogen functional groups attached to an aromatic ring is 1. The number of benzene rings is 2. The van der Waals surface area contributed by atoms with Crippen molar-refractivity contribution in [2.45, 2.75) is 12.4 Å². The number of halogens is 6. The molecule has 2 nitrogen and oxygen atoms in total. The molecule has 0 amide bonds. The van der Waals surface area contributed by atoms with Crippen molar-refractivity contribution >= 4 is 5.69 Å². The van der Waals surface area contributed by atoms with E-state index < -0.39 is 23.5 Å². The molecule has 0 unspecified atom stereocenters. The Kier molecular flexibility index (Phi) is 3.95. The molecular formula is C14H9F6NO. The van der Waals surface area contributed by atoms with Crippen molar-refractivity contribution in [1.29, 1.82) is 0 Å². The molecule has 0 aliphatic carbocycles. The maximum atomic E-state index is 12.6. The minimum atomic E-state index is -4.57. The Morgan fingerprint density at radius 3 is 1.91 bits per heavy atom. The van der Waals surface area contributed by atoms with Crippen LogP contribution in [0.3, 0.4) is 0 Å². The monoisotopic (exact) mass is 321 g/mol. The van der Waals surface area contributed by atoms with Gasteiger partial charge in [0.1, 0.15) is 11.5 Å². The van der Waals surface area contributed by atoms with E-state index in [-0.39, 0.29) is 17.2 Å². The zero-order valence-electron chi connectivity index (χ0n) is 10.8. The zero-order chi connectivity index (χ0) is 16.5. The summed E-state index contributed by atoms with van der Waals surface area (Å²) in [6.07, 6.45) is -9.12. The SMILES string of the molecule is Nc1cc(C(F)(F)F)ccc1Oc1cccc(C(F)(F)F)c1. The average Bonchev–Trinajstić information content (AvgIpc) is 2.39. The Bertz CT molecular complexity index is 678. The Morgan fingerprint density at radius 1 is 0.773 bits per heavy atom. The second-order valence-corrected chi connectivity index (χ2v) is 4.38. The van der Waals surface area contributed by atoms with Crippen molar-refractivity contribution in [2.75, 3.05) is 5.73 Å². The van der Waals surface area contributed by atoms with Crippen LogP contribution in [0, 0.1) is 0 Å². The molecule has 2 rings (SSSR count). The first kappa shape index (κ1) is 16.0. The van der Waals surface area contributed by atoms with Crippen LogP contribution in [0.15, 0.2) is 42.5 Å². The topological polar surface area (TPSA) is 35.2 Å². The molecule has 0 heterocycles. The van der Waals surface area contributed by atoms with Crippen LogP contribution < -0.4 is 10.5 Å². The van der Waals surface area contributed by atoms with Gasteiger partial charge in [0.25, 0.3) is 0 Å². The summed E-state index contributed by atoms with van der Waals surface area (Å²) in [7, 11) is 0. The van der Waals surface area contributed by atoms with Gasteiger partial charge in [0, 0.05) is 0 Å². The van der Waals surface area contributed by atoms with Crippen LogP contribution in [0.5, 0.6) is 11.5 Å². The van der Waals surface area contributed by atoms with Crippen LogP contribution in [-0.4, -0.2) is 0 Å². The molecule has 0 saturated carbocycles. The summed E-state index contributed by atoms with van der Waals surface area (Å²) in [5.74, 6) is -0.339. The summed E-state index contributed by atoms with van der Waals surface area (Å²) < 4.78 is 80.3. The molecule has 0 aliphatic heterocycles. The molecule has 8 heteroatoms. The van der Waals surface area contributed by atoms with E-state index in [1.165, 1.54) is 6.07 Å². The van der Waals surface area contributed by atoms with E-state index in [2.05, 4.69) is 0 Å². The van der Waals surface area contributed by atoms with Crippen LogP contribution in [0.1, 0.15) is 11.1 Å². The Morgan fingerprint density at radius 2 is 1.36 bits per heavy atom. The summed E-state index contributed by atoms with van der Waals surface area (Å²) in [6, 6.07) is 6.30. The van der Waals surface area contributed by atoms with Gasteiger partial charge < -0.3 is 10.5 Å². The van der Waals surface area contributed by atoms with Gasteiger partial charge in [-0.3, -0.25) is 0 Å². The third-order valence-corrected chi connectivity index (χ3v) is 2.73.